The van der Waals surface area contributed by atoms with Crippen molar-refractivity contribution in [3.8, 4) is 0 Å². The zero-order chi connectivity index (χ0) is 13.1. The summed E-state index contributed by atoms with van der Waals surface area (Å²) < 4.78 is 35.5. The molecule has 0 aromatic carbocycles. The van der Waals surface area contributed by atoms with Gasteiger partial charge in [0, 0.05) is 6.92 Å². The molecule has 0 aliphatic heterocycles. The van der Waals surface area contributed by atoms with Gasteiger partial charge >= 0.3 is 6.18 Å². The lowest BCUT2D eigenvalue weighted by molar-refractivity contribution is -0.123. The van der Waals surface area contributed by atoms with Crippen LogP contribution in [0.3, 0.4) is 0 Å². The van der Waals surface area contributed by atoms with E-state index < -0.39 is 18.6 Å². The summed E-state index contributed by atoms with van der Waals surface area (Å²) in [5, 5.41) is 4.58. The van der Waals surface area contributed by atoms with Gasteiger partial charge in [-0.2, -0.15) is 13.2 Å². The van der Waals surface area contributed by atoms with Crippen LogP contribution in [0.5, 0.6) is 0 Å². The molecule has 0 fully saturated rings. The van der Waals surface area contributed by atoms with Crippen molar-refractivity contribution in [1.82, 2.24) is 5.32 Å². The van der Waals surface area contributed by atoms with Gasteiger partial charge in [0.2, 0.25) is 5.91 Å². The second-order valence-electron chi connectivity index (χ2n) is 3.14. The highest BCUT2D eigenvalue weighted by molar-refractivity contribution is 7.18. The summed E-state index contributed by atoms with van der Waals surface area (Å²) in [5.74, 6) is -1.13. The van der Waals surface area contributed by atoms with Crippen LogP contribution in [0.25, 0.3) is 0 Å². The van der Waals surface area contributed by atoms with E-state index in [1.807, 2.05) is 0 Å². The first-order chi connectivity index (χ1) is 7.78. The van der Waals surface area contributed by atoms with Crippen molar-refractivity contribution in [2.75, 3.05) is 11.9 Å². The number of anilines is 1. The summed E-state index contributed by atoms with van der Waals surface area (Å²) in [4.78, 5) is 22.1. The molecule has 0 saturated carbocycles. The Hall–Kier alpha value is -1.57. The lowest BCUT2D eigenvalue weighted by Gasteiger charge is -2.06. The highest BCUT2D eigenvalue weighted by Crippen LogP contribution is 2.22. The summed E-state index contributed by atoms with van der Waals surface area (Å²) in [6.07, 6.45) is -4.44. The normalized spacial score (nSPS) is 11.1. The van der Waals surface area contributed by atoms with Crippen molar-refractivity contribution in [2.45, 2.75) is 13.1 Å². The molecule has 0 spiro atoms. The fraction of sp³-hybridized carbons (Fsp3) is 0.333. The summed E-state index contributed by atoms with van der Waals surface area (Å²) in [6, 6.07) is 2.80. The lowest BCUT2D eigenvalue weighted by Crippen LogP contribution is -2.33. The van der Waals surface area contributed by atoms with Crippen LogP contribution in [0.15, 0.2) is 12.1 Å². The Balaban J connectivity index is 2.58. The summed E-state index contributed by atoms with van der Waals surface area (Å²) in [5.41, 5.74) is 0. The van der Waals surface area contributed by atoms with E-state index in [0.717, 1.165) is 11.3 Å². The molecule has 0 aliphatic carbocycles. The molecule has 17 heavy (non-hydrogen) atoms. The van der Waals surface area contributed by atoms with E-state index in [4.69, 9.17) is 0 Å². The van der Waals surface area contributed by atoms with Gasteiger partial charge in [-0.3, -0.25) is 9.59 Å². The van der Waals surface area contributed by atoms with Gasteiger partial charge in [-0.05, 0) is 12.1 Å². The van der Waals surface area contributed by atoms with E-state index in [-0.39, 0.29) is 10.8 Å². The van der Waals surface area contributed by atoms with Crippen LogP contribution in [0, 0.1) is 0 Å². The second-order valence-corrected chi connectivity index (χ2v) is 4.23. The highest BCUT2D eigenvalue weighted by Gasteiger charge is 2.28. The maximum absolute atomic E-state index is 11.8. The minimum absolute atomic E-state index is 0.109. The Labute approximate surface area is 98.8 Å². The van der Waals surface area contributed by atoms with Crippen molar-refractivity contribution in [1.29, 1.82) is 0 Å². The molecule has 0 saturated heterocycles. The fourth-order valence-corrected chi connectivity index (χ4v) is 1.84. The van der Waals surface area contributed by atoms with Crippen LogP contribution in [0.1, 0.15) is 16.6 Å². The number of hydrogen-bond acceptors (Lipinski definition) is 3. The third kappa shape index (κ3) is 4.85. The fourth-order valence-electron chi connectivity index (χ4n) is 0.968. The molecule has 1 rings (SSSR count). The molecule has 1 aromatic heterocycles. The number of carbonyl (C=O) groups excluding carboxylic acids is 2. The Morgan fingerprint density at radius 3 is 2.53 bits per heavy atom. The third-order valence-corrected chi connectivity index (χ3v) is 2.58. The first-order valence-corrected chi connectivity index (χ1v) is 5.32. The second kappa shape index (κ2) is 5.17. The largest absolute Gasteiger partial charge is 0.405 e. The number of nitrogens with one attached hydrogen (secondary N) is 2. The van der Waals surface area contributed by atoms with E-state index in [1.54, 1.807) is 5.32 Å². The standard InChI is InChI=1S/C9H9F3N2O2S/c1-5(15)14-7-3-2-6(17-7)8(16)13-4-9(10,11)12/h2-3H,4H2,1H3,(H,13,16)(H,14,15). The van der Waals surface area contributed by atoms with Gasteiger partial charge in [0.05, 0.1) is 9.88 Å². The molecule has 1 aromatic rings. The van der Waals surface area contributed by atoms with Gasteiger partial charge < -0.3 is 10.6 Å². The summed E-state index contributed by atoms with van der Waals surface area (Å²) >= 11 is 0.909. The minimum atomic E-state index is -4.44. The van der Waals surface area contributed by atoms with Crippen LogP contribution in [-0.2, 0) is 4.79 Å². The van der Waals surface area contributed by atoms with Gasteiger partial charge in [-0.25, -0.2) is 0 Å². The van der Waals surface area contributed by atoms with E-state index in [0.29, 0.717) is 5.00 Å². The molecule has 1 heterocycles. The number of rotatable bonds is 3. The maximum atomic E-state index is 11.8. The predicted molar refractivity (Wildman–Crippen MR) is 57.0 cm³/mol. The van der Waals surface area contributed by atoms with Crippen LogP contribution >= 0.6 is 11.3 Å². The number of thiophene rings is 1. The van der Waals surface area contributed by atoms with E-state index in [1.165, 1.54) is 19.1 Å². The number of halogens is 3. The number of alkyl halides is 3. The SMILES string of the molecule is CC(=O)Nc1ccc(C(=O)NCC(F)(F)F)s1. The Morgan fingerprint density at radius 2 is 2.00 bits per heavy atom. The third-order valence-electron chi connectivity index (χ3n) is 1.58. The smallest absolute Gasteiger partial charge is 0.342 e. The number of amides is 2. The molecule has 0 atom stereocenters. The topological polar surface area (TPSA) is 58.2 Å². The first kappa shape index (κ1) is 13.5. The van der Waals surface area contributed by atoms with E-state index in [9.17, 15) is 22.8 Å². The molecule has 2 amide bonds. The van der Waals surface area contributed by atoms with E-state index in [2.05, 4.69) is 5.32 Å². The van der Waals surface area contributed by atoms with Gasteiger partial charge in [0.1, 0.15) is 6.54 Å². The van der Waals surface area contributed by atoms with Crippen LogP contribution in [0.4, 0.5) is 18.2 Å². The molecule has 0 radical (unpaired) electrons. The Bertz CT molecular complexity index is 428. The summed E-state index contributed by atoms with van der Waals surface area (Å²) in [7, 11) is 0. The monoisotopic (exact) mass is 266 g/mol. The van der Waals surface area contributed by atoms with Crippen LogP contribution in [0.2, 0.25) is 0 Å². The lowest BCUT2D eigenvalue weighted by atomic mass is 10.4. The maximum Gasteiger partial charge on any atom is 0.405 e. The average Bonchev–Trinajstić information content (AvgIpc) is 2.60. The zero-order valence-electron chi connectivity index (χ0n) is 8.72. The van der Waals surface area contributed by atoms with Gasteiger partial charge in [0.15, 0.2) is 0 Å². The Morgan fingerprint density at radius 1 is 1.35 bits per heavy atom. The number of carbonyl (C=O) groups is 2. The quantitative estimate of drug-likeness (QED) is 0.879. The average molecular weight is 266 g/mol. The van der Waals surface area contributed by atoms with Crippen LogP contribution < -0.4 is 10.6 Å². The zero-order valence-corrected chi connectivity index (χ0v) is 9.54. The van der Waals surface area contributed by atoms with Crippen molar-refractivity contribution < 1.29 is 22.8 Å². The highest BCUT2D eigenvalue weighted by atomic mass is 32.1. The molecular formula is C9H9F3N2O2S. The summed E-state index contributed by atoms with van der Waals surface area (Å²) in [6.45, 7) is -0.0810. The van der Waals surface area contributed by atoms with Gasteiger partial charge in [-0.1, -0.05) is 0 Å². The Kier molecular flexibility index (Phi) is 4.11. The minimum Gasteiger partial charge on any atom is -0.342 e. The molecule has 8 heteroatoms. The van der Waals surface area contributed by atoms with Crippen LogP contribution in [-0.4, -0.2) is 24.5 Å². The van der Waals surface area contributed by atoms with Gasteiger partial charge in [-0.15, -0.1) is 11.3 Å². The van der Waals surface area contributed by atoms with Crippen molar-refractivity contribution in [3.05, 3.63) is 17.0 Å². The molecule has 94 valence electrons. The molecular weight excluding hydrogens is 257 g/mol. The van der Waals surface area contributed by atoms with E-state index >= 15 is 0 Å². The number of hydrogen-bond donors (Lipinski definition) is 2. The van der Waals surface area contributed by atoms with Crippen molar-refractivity contribution in [2.24, 2.45) is 0 Å². The van der Waals surface area contributed by atoms with Gasteiger partial charge in [0.25, 0.3) is 5.91 Å². The first-order valence-electron chi connectivity index (χ1n) is 4.50. The molecule has 0 unspecified atom stereocenters. The predicted octanol–water partition coefficient (Wildman–Crippen LogP) is 2.00. The molecule has 4 nitrogen and oxygen atoms in total. The molecule has 0 bridgehead atoms. The molecule has 0 aliphatic rings. The van der Waals surface area contributed by atoms with Crippen molar-refractivity contribution >= 4 is 28.2 Å². The van der Waals surface area contributed by atoms with Crippen molar-refractivity contribution in [3.63, 3.8) is 0 Å². The molecule has 2 N–H and O–H groups in total.